The summed E-state index contributed by atoms with van der Waals surface area (Å²) in [7, 11) is -3.52. The first kappa shape index (κ1) is 15.3. The van der Waals surface area contributed by atoms with Crippen LogP contribution in [0.15, 0.2) is 29.4 Å². The molecule has 1 unspecified atom stereocenters. The van der Waals surface area contributed by atoms with Crippen LogP contribution in [0.5, 0.6) is 0 Å². The first-order chi connectivity index (χ1) is 9.94. The van der Waals surface area contributed by atoms with Crippen LogP contribution >= 0.6 is 0 Å². The van der Waals surface area contributed by atoms with Gasteiger partial charge >= 0.3 is 0 Å². The summed E-state index contributed by atoms with van der Waals surface area (Å²) in [6.07, 6.45) is 1.41. The Labute approximate surface area is 123 Å². The van der Waals surface area contributed by atoms with Gasteiger partial charge in [0.1, 0.15) is 12.2 Å². The fraction of sp³-hybridized carbons (Fsp3) is 0.333. The standard InChI is InChI=1S/C12H18N6O2S/c1-3-16-21(19,20)9-4-5-10(13)11(6-9)17-8(2)12-14-7-15-18-12/h4-8,16-17H,3,13H2,1-2H3,(H,14,15,18). The monoisotopic (exact) mass is 310 g/mol. The van der Waals surface area contributed by atoms with Crippen molar-refractivity contribution in [3.63, 3.8) is 0 Å². The molecule has 114 valence electrons. The van der Waals surface area contributed by atoms with E-state index in [1.54, 1.807) is 13.0 Å². The molecular weight excluding hydrogens is 292 g/mol. The van der Waals surface area contributed by atoms with Crippen LogP contribution in [-0.4, -0.2) is 30.1 Å². The van der Waals surface area contributed by atoms with Gasteiger partial charge in [0.25, 0.3) is 0 Å². The van der Waals surface area contributed by atoms with Gasteiger partial charge in [0.2, 0.25) is 10.0 Å². The van der Waals surface area contributed by atoms with Crippen molar-refractivity contribution in [1.29, 1.82) is 0 Å². The lowest BCUT2D eigenvalue weighted by Gasteiger charge is -2.16. The largest absolute Gasteiger partial charge is 0.397 e. The van der Waals surface area contributed by atoms with Crippen molar-refractivity contribution in [2.24, 2.45) is 0 Å². The van der Waals surface area contributed by atoms with E-state index in [4.69, 9.17) is 5.73 Å². The third-order valence-electron chi connectivity index (χ3n) is 2.89. The predicted molar refractivity (Wildman–Crippen MR) is 80.1 cm³/mol. The summed E-state index contributed by atoms with van der Waals surface area (Å²) in [5, 5.41) is 9.64. The molecule has 2 aromatic rings. The SMILES string of the molecule is CCNS(=O)(=O)c1ccc(N)c(NC(C)c2ncn[nH]2)c1. The minimum atomic E-state index is -3.52. The van der Waals surface area contributed by atoms with E-state index in [0.717, 1.165) is 0 Å². The zero-order chi connectivity index (χ0) is 15.5. The number of nitrogens with one attached hydrogen (secondary N) is 3. The van der Waals surface area contributed by atoms with Crippen LogP contribution in [0.1, 0.15) is 25.7 Å². The molecule has 8 nitrogen and oxygen atoms in total. The summed E-state index contributed by atoms with van der Waals surface area (Å²) in [4.78, 5) is 4.20. The summed E-state index contributed by atoms with van der Waals surface area (Å²) < 4.78 is 26.4. The first-order valence-corrected chi connectivity index (χ1v) is 7.93. The average molecular weight is 310 g/mol. The molecule has 0 radical (unpaired) electrons. The Morgan fingerprint density at radius 2 is 2.19 bits per heavy atom. The molecule has 0 amide bonds. The Hall–Kier alpha value is -2.13. The topological polar surface area (TPSA) is 126 Å². The number of aromatic amines is 1. The minimum absolute atomic E-state index is 0.158. The molecule has 1 heterocycles. The molecule has 0 bridgehead atoms. The van der Waals surface area contributed by atoms with E-state index in [0.29, 0.717) is 23.7 Å². The van der Waals surface area contributed by atoms with E-state index in [1.807, 2.05) is 6.92 Å². The van der Waals surface area contributed by atoms with E-state index >= 15 is 0 Å². The minimum Gasteiger partial charge on any atom is -0.397 e. The number of aromatic nitrogens is 3. The molecule has 0 aliphatic heterocycles. The highest BCUT2D eigenvalue weighted by atomic mass is 32.2. The van der Waals surface area contributed by atoms with Crippen LogP contribution in [-0.2, 0) is 10.0 Å². The molecule has 0 spiro atoms. The number of anilines is 2. The van der Waals surface area contributed by atoms with Crippen LogP contribution in [0.2, 0.25) is 0 Å². The third-order valence-corrected chi connectivity index (χ3v) is 4.43. The second-order valence-electron chi connectivity index (χ2n) is 4.49. The quantitative estimate of drug-likeness (QED) is 0.586. The summed E-state index contributed by atoms with van der Waals surface area (Å²) in [5.41, 5.74) is 6.87. The Morgan fingerprint density at radius 3 is 2.81 bits per heavy atom. The molecule has 1 aromatic carbocycles. The Balaban J connectivity index is 2.28. The number of nitrogens with two attached hydrogens (primary N) is 1. The van der Waals surface area contributed by atoms with Gasteiger partial charge in [-0.2, -0.15) is 5.10 Å². The molecule has 0 fully saturated rings. The van der Waals surface area contributed by atoms with Crippen molar-refractivity contribution in [3.8, 4) is 0 Å². The highest BCUT2D eigenvalue weighted by Gasteiger charge is 2.16. The Bertz CT molecular complexity index is 699. The maximum absolute atomic E-state index is 12.0. The fourth-order valence-corrected chi connectivity index (χ4v) is 2.89. The summed E-state index contributed by atoms with van der Waals surface area (Å²) >= 11 is 0. The molecule has 5 N–H and O–H groups in total. The second kappa shape index (κ2) is 6.10. The van der Waals surface area contributed by atoms with Gasteiger partial charge in [-0.3, -0.25) is 5.10 Å². The molecule has 0 aliphatic rings. The van der Waals surface area contributed by atoms with Gasteiger partial charge in [-0.15, -0.1) is 0 Å². The van der Waals surface area contributed by atoms with Gasteiger partial charge in [-0.05, 0) is 25.1 Å². The highest BCUT2D eigenvalue weighted by Crippen LogP contribution is 2.26. The summed E-state index contributed by atoms with van der Waals surface area (Å²) in [6.45, 7) is 3.91. The zero-order valence-corrected chi connectivity index (χ0v) is 12.6. The van der Waals surface area contributed by atoms with Crippen LogP contribution < -0.4 is 15.8 Å². The van der Waals surface area contributed by atoms with Gasteiger partial charge in [-0.1, -0.05) is 6.92 Å². The van der Waals surface area contributed by atoms with Crippen molar-refractivity contribution in [2.75, 3.05) is 17.6 Å². The van der Waals surface area contributed by atoms with Crippen molar-refractivity contribution < 1.29 is 8.42 Å². The highest BCUT2D eigenvalue weighted by molar-refractivity contribution is 7.89. The molecule has 1 aromatic heterocycles. The molecule has 9 heteroatoms. The Morgan fingerprint density at radius 1 is 1.43 bits per heavy atom. The molecule has 0 saturated carbocycles. The van der Waals surface area contributed by atoms with Crippen LogP contribution in [0.25, 0.3) is 0 Å². The first-order valence-electron chi connectivity index (χ1n) is 6.45. The van der Waals surface area contributed by atoms with E-state index in [1.165, 1.54) is 18.5 Å². The molecule has 1 atom stereocenters. The predicted octanol–water partition coefficient (Wildman–Crippen LogP) is 0.858. The number of hydrogen-bond acceptors (Lipinski definition) is 6. The Kier molecular flexibility index (Phi) is 4.43. The maximum atomic E-state index is 12.0. The van der Waals surface area contributed by atoms with E-state index < -0.39 is 10.0 Å². The average Bonchev–Trinajstić information content (AvgIpc) is 2.95. The smallest absolute Gasteiger partial charge is 0.240 e. The number of H-pyrrole nitrogens is 1. The molecule has 0 aliphatic carbocycles. The van der Waals surface area contributed by atoms with E-state index in [9.17, 15) is 8.42 Å². The van der Waals surface area contributed by atoms with Crippen molar-refractivity contribution in [1.82, 2.24) is 19.9 Å². The number of nitrogens with zero attached hydrogens (tertiary/aromatic N) is 2. The number of rotatable bonds is 6. The van der Waals surface area contributed by atoms with Crippen LogP contribution in [0, 0.1) is 0 Å². The second-order valence-corrected chi connectivity index (χ2v) is 6.25. The number of sulfonamides is 1. The zero-order valence-electron chi connectivity index (χ0n) is 11.8. The van der Waals surface area contributed by atoms with Crippen LogP contribution in [0.3, 0.4) is 0 Å². The lowest BCUT2D eigenvalue weighted by atomic mass is 10.2. The lowest BCUT2D eigenvalue weighted by molar-refractivity contribution is 0.584. The molecule has 21 heavy (non-hydrogen) atoms. The summed E-state index contributed by atoms with van der Waals surface area (Å²) in [5.74, 6) is 0.634. The van der Waals surface area contributed by atoms with Crippen molar-refractivity contribution >= 4 is 21.4 Å². The van der Waals surface area contributed by atoms with Crippen molar-refractivity contribution in [3.05, 3.63) is 30.4 Å². The fourth-order valence-electron chi connectivity index (χ4n) is 1.83. The summed E-state index contributed by atoms with van der Waals surface area (Å²) in [6, 6.07) is 4.34. The normalized spacial score (nSPS) is 13.0. The van der Waals surface area contributed by atoms with Crippen LogP contribution in [0.4, 0.5) is 11.4 Å². The van der Waals surface area contributed by atoms with E-state index in [2.05, 4.69) is 25.2 Å². The number of benzene rings is 1. The number of hydrogen-bond donors (Lipinski definition) is 4. The molecular formula is C12H18N6O2S. The number of nitrogen functional groups attached to an aromatic ring is 1. The van der Waals surface area contributed by atoms with Gasteiger partial charge in [0, 0.05) is 6.54 Å². The van der Waals surface area contributed by atoms with E-state index in [-0.39, 0.29) is 10.9 Å². The third kappa shape index (κ3) is 3.50. The van der Waals surface area contributed by atoms with Gasteiger partial charge < -0.3 is 11.1 Å². The van der Waals surface area contributed by atoms with Gasteiger partial charge in [-0.25, -0.2) is 18.1 Å². The van der Waals surface area contributed by atoms with Gasteiger partial charge in [0.05, 0.1) is 22.3 Å². The molecule has 0 saturated heterocycles. The molecule has 2 rings (SSSR count). The van der Waals surface area contributed by atoms with Gasteiger partial charge in [0.15, 0.2) is 0 Å². The maximum Gasteiger partial charge on any atom is 0.240 e. The van der Waals surface area contributed by atoms with Crippen molar-refractivity contribution in [2.45, 2.75) is 24.8 Å². The lowest BCUT2D eigenvalue weighted by Crippen LogP contribution is -2.23.